The lowest BCUT2D eigenvalue weighted by molar-refractivity contribution is -0.144. The number of hydrogen-bond donors (Lipinski definition) is 1. The fourth-order valence-corrected chi connectivity index (χ4v) is 3.85. The number of fused-ring (bicyclic) bond motifs is 1. The van der Waals surface area contributed by atoms with Crippen molar-refractivity contribution >= 4 is 16.9 Å². The van der Waals surface area contributed by atoms with Crippen LogP contribution in [-0.4, -0.2) is 44.2 Å². The summed E-state index contributed by atoms with van der Waals surface area (Å²) in [5, 5.41) is 14.9. The number of hydrogen-bond acceptors (Lipinski definition) is 5. The highest BCUT2D eigenvalue weighted by atomic mass is 16.5. The van der Waals surface area contributed by atoms with E-state index in [0.29, 0.717) is 18.7 Å². The monoisotopic (exact) mass is 388 g/mol. The first-order chi connectivity index (χ1) is 14.0. The normalized spacial score (nSPS) is 19.4. The smallest absolute Gasteiger partial charge is 0.262 e. The Morgan fingerprint density at radius 3 is 2.66 bits per heavy atom. The van der Waals surface area contributed by atoms with E-state index in [0.717, 1.165) is 27.7 Å². The van der Waals surface area contributed by atoms with Crippen LogP contribution in [0.25, 0.3) is 33.4 Å². The number of benzene rings is 2. The van der Waals surface area contributed by atoms with E-state index in [9.17, 15) is 9.90 Å². The molecule has 1 N–H and O–H groups in total. The number of aromatic nitrogens is 3. The van der Waals surface area contributed by atoms with Gasteiger partial charge in [-0.25, -0.2) is 4.98 Å². The Labute approximate surface area is 167 Å². The zero-order valence-corrected chi connectivity index (χ0v) is 16.2. The van der Waals surface area contributed by atoms with Gasteiger partial charge in [0.15, 0.2) is 5.76 Å². The van der Waals surface area contributed by atoms with E-state index in [1.165, 1.54) is 4.90 Å². The van der Waals surface area contributed by atoms with Crippen LogP contribution in [0.15, 0.2) is 59.4 Å². The predicted octanol–water partition coefficient (Wildman–Crippen LogP) is 2.95. The molecule has 0 unspecified atom stereocenters. The van der Waals surface area contributed by atoms with Gasteiger partial charge in [-0.3, -0.25) is 4.79 Å². The molecule has 0 saturated carbocycles. The van der Waals surface area contributed by atoms with E-state index in [-0.39, 0.29) is 11.7 Å². The van der Waals surface area contributed by atoms with Crippen LogP contribution in [0.3, 0.4) is 0 Å². The zero-order chi connectivity index (χ0) is 20.2. The summed E-state index contributed by atoms with van der Waals surface area (Å²) in [4.78, 5) is 18.2. The second-order valence-corrected chi connectivity index (χ2v) is 7.55. The fourth-order valence-electron chi connectivity index (χ4n) is 3.85. The summed E-state index contributed by atoms with van der Waals surface area (Å²) in [5.74, 6) is -0.179. The second-order valence-electron chi connectivity index (χ2n) is 7.55. The highest BCUT2D eigenvalue weighted by Gasteiger charge is 2.48. The maximum atomic E-state index is 12.3. The number of carbonyl (C=O) groups excluding carboxylic acids is 1. The van der Waals surface area contributed by atoms with Crippen molar-refractivity contribution in [3.05, 3.63) is 60.6 Å². The minimum absolute atomic E-state index is 0.184. The van der Waals surface area contributed by atoms with E-state index < -0.39 is 5.60 Å². The molecule has 7 heteroatoms. The standard InChI is InChI=1S/C22H20N4O3/c1-25-9-8-22(28,21(25)27)20-12-18(24-29-20)16-5-3-4-14(10-16)15-6-7-17-19(11-15)26(2)13-23-17/h3-7,10-13,28H,8-9H2,1-2H3/t22-/m1/s1. The number of carbonyl (C=O) groups is 1. The van der Waals surface area contributed by atoms with Crippen LogP contribution in [0.1, 0.15) is 12.2 Å². The number of likely N-dealkylation sites (tertiary alicyclic amines) is 1. The average Bonchev–Trinajstić information content (AvgIpc) is 3.44. The summed E-state index contributed by atoms with van der Waals surface area (Å²) < 4.78 is 7.36. The summed E-state index contributed by atoms with van der Waals surface area (Å²) in [5.41, 5.74) is 3.91. The minimum Gasteiger partial charge on any atom is -0.373 e. The molecule has 0 spiro atoms. The lowest BCUT2D eigenvalue weighted by Crippen LogP contribution is -2.35. The lowest BCUT2D eigenvalue weighted by Gasteiger charge is -2.16. The van der Waals surface area contributed by atoms with Gasteiger partial charge in [0.2, 0.25) is 5.60 Å². The van der Waals surface area contributed by atoms with E-state index in [1.54, 1.807) is 19.4 Å². The molecule has 0 radical (unpaired) electrons. The molecule has 1 atom stereocenters. The average molecular weight is 388 g/mol. The molecule has 3 heterocycles. The van der Waals surface area contributed by atoms with Crippen molar-refractivity contribution in [3.8, 4) is 22.4 Å². The number of imidazole rings is 1. The molecule has 0 bridgehead atoms. The Hall–Kier alpha value is -3.45. The molecule has 7 nitrogen and oxygen atoms in total. The maximum Gasteiger partial charge on any atom is 0.262 e. The van der Waals surface area contributed by atoms with Gasteiger partial charge in [0.25, 0.3) is 5.91 Å². The topological polar surface area (TPSA) is 84.4 Å². The van der Waals surface area contributed by atoms with Crippen LogP contribution in [0.4, 0.5) is 0 Å². The number of aliphatic hydroxyl groups is 1. The van der Waals surface area contributed by atoms with Gasteiger partial charge >= 0.3 is 0 Å². The van der Waals surface area contributed by atoms with E-state index in [2.05, 4.69) is 16.2 Å². The van der Waals surface area contributed by atoms with Crippen LogP contribution < -0.4 is 0 Å². The van der Waals surface area contributed by atoms with Gasteiger partial charge in [-0.05, 0) is 29.3 Å². The second kappa shape index (κ2) is 6.28. The van der Waals surface area contributed by atoms with Gasteiger partial charge in [0.1, 0.15) is 5.69 Å². The molecular weight excluding hydrogens is 368 g/mol. The fraction of sp³-hybridized carbons (Fsp3) is 0.227. The molecule has 29 heavy (non-hydrogen) atoms. The summed E-state index contributed by atoms with van der Waals surface area (Å²) in [6.07, 6.45) is 2.09. The summed E-state index contributed by atoms with van der Waals surface area (Å²) in [6, 6.07) is 15.7. The Kier molecular flexibility index (Phi) is 3.82. The minimum atomic E-state index is -1.64. The molecule has 1 aliphatic heterocycles. The summed E-state index contributed by atoms with van der Waals surface area (Å²) in [6.45, 7) is 0.483. The third-order valence-corrected chi connectivity index (χ3v) is 5.64. The molecule has 1 saturated heterocycles. The van der Waals surface area contributed by atoms with Crippen LogP contribution >= 0.6 is 0 Å². The summed E-state index contributed by atoms with van der Waals surface area (Å²) in [7, 11) is 3.64. The number of rotatable bonds is 3. The van der Waals surface area contributed by atoms with Crippen molar-refractivity contribution in [2.75, 3.05) is 13.6 Å². The van der Waals surface area contributed by atoms with Crippen molar-refractivity contribution in [1.29, 1.82) is 0 Å². The molecule has 4 aromatic rings. The van der Waals surface area contributed by atoms with Crippen molar-refractivity contribution in [2.45, 2.75) is 12.0 Å². The van der Waals surface area contributed by atoms with Crippen LogP contribution in [-0.2, 0) is 17.4 Å². The predicted molar refractivity (Wildman–Crippen MR) is 108 cm³/mol. The van der Waals surface area contributed by atoms with E-state index in [4.69, 9.17) is 4.52 Å². The number of likely N-dealkylation sites (N-methyl/N-ethyl adjacent to an activating group) is 1. The molecule has 5 rings (SSSR count). The lowest BCUT2D eigenvalue weighted by atomic mass is 9.97. The molecule has 146 valence electrons. The van der Waals surface area contributed by atoms with Crippen LogP contribution in [0.2, 0.25) is 0 Å². The van der Waals surface area contributed by atoms with Crippen molar-refractivity contribution in [3.63, 3.8) is 0 Å². The largest absolute Gasteiger partial charge is 0.373 e. The van der Waals surface area contributed by atoms with Gasteiger partial charge in [0.05, 0.1) is 17.4 Å². The van der Waals surface area contributed by atoms with Gasteiger partial charge in [-0.1, -0.05) is 29.4 Å². The molecule has 2 aromatic heterocycles. The Bertz CT molecular complexity index is 1240. The Morgan fingerprint density at radius 1 is 1.07 bits per heavy atom. The first-order valence-corrected chi connectivity index (χ1v) is 9.43. The van der Waals surface area contributed by atoms with Crippen molar-refractivity contribution in [2.24, 2.45) is 7.05 Å². The molecule has 1 aliphatic rings. The number of nitrogens with zero attached hydrogens (tertiary/aromatic N) is 4. The van der Waals surface area contributed by atoms with Crippen LogP contribution in [0, 0.1) is 0 Å². The molecule has 1 fully saturated rings. The quantitative estimate of drug-likeness (QED) is 0.583. The third kappa shape index (κ3) is 2.74. The molecular formula is C22H20N4O3. The van der Waals surface area contributed by atoms with Crippen LogP contribution in [0.5, 0.6) is 0 Å². The van der Waals surface area contributed by atoms with Gasteiger partial charge in [0, 0.05) is 38.7 Å². The zero-order valence-electron chi connectivity index (χ0n) is 16.2. The van der Waals surface area contributed by atoms with Gasteiger partial charge in [-0.2, -0.15) is 0 Å². The SMILES string of the molecule is CN1CC[C@@](O)(c2cc(-c3cccc(-c4ccc5ncn(C)c5c4)c3)no2)C1=O. The Morgan fingerprint density at radius 2 is 1.86 bits per heavy atom. The molecule has 0 aliphatic carbocycles. The third-order valence-electron chi connectivity index (χ3n) is 5.64. The highest BCUT2D eigenvalue weighted by molar-refractivity contribution is 5.88. The van der Waals surface area contributed by atoms with E-state index in [1.807, 2.05) is 48.0 Å². The van der Waals surface area contributed by atoms with Crippen molar-refractivity contribution in [1.82, 2.24) is 19.6 Å². The van der Waals surface area contributed by atoms with E-state index >= 15 is 0 Å². The first kappa shape index (κ1) is 17.6. The number of aryl methyl sites for hydroxylation is 1. The van der Waals surface area contributed by atoms with Crippen molar-refractivity contribution < 1.29 is 14.4 Å². The molecule has 1 amide bonds. The van der Waals surface area contributed by atoms with Gasteiger partial charge in [-0.15, -0.1) is 0 Å². The summed E-state index contributed by atoms with van der Waals surface area (Å²) >= 11 is 0. The van der Waals surface area contributed by atoms with Gasteiger partial charge < -0.3 is 19.1 Å². The molecule has 2 aromatic carbocycles. The first-order valence-electron chi connectivity index (χ1n) is 9.43. The number of amides is 1. The highest BCUT2D eigenvalue weighted by Crippen LogP contribution is 2.35. The Balaban J connectivity index is 1.51. The maximum absolute atomic E-state index is 12.3.